The number of halogens is 1. The van der Waals surface area contributed by atoms with Crippen molar-refractivity contribution in [2.24, 2.45) is 0 Å². The van der Waals surface area contributed by atoms with Gasteiger partial charge in [-0.2, -0.15) is 0 Å². The summed E-state index contributed by atoms with van der Waals surface area (Å²) < 4.78 is 19.1. The third-order valence-electron chi connectivity index (χ3n) is 3.38. The predicted molar refractivity (Wildman–Crippen MR) is 77.8 cm³/mol. The molecule has 6 nitrogen and oxygen atoms in total. The molecule has 1 N–H and O–H groups in total. The maximum absolute atomic E-state index is 13.1. The van der Waals surface area contributed by atoms with Gasteiger partial charge in [-0.05, 0) is 43.3 Å². The molecule has 1 aromatic carbocycles. The van der Waals surface area contributed by atoms with Crippen LogP contribution in [0.15, 0.2) is 47.1 Å². The lowest BCUT2D eigenvalue weighted by Gasteiger charge is -2.06. The van der Waals surface area contributed by atoms with Gasteiger partial charge >= 0.3 is 5.97 Å². The Hall–Kier alpha value is -3.22. The minimum atomic E-state index is -1.22. The highest BCUT2D eigenvalue weighted by molar-refractivity contribution is 6.05. The van der Waals surface area contributed by atoms with E-state index in [-0.39, 0.29) is 22.7 Å². The molecule has 2 aromatic heterocycles. The van der Waals surface area contributed by atoms with Crippen molar-refractivity contribution in [3.05, 3.63) is 65.4 Å². The molecule has 0 spiro atoms. The number of carboxylic acid groups (broad SMARTS) is 1. The second-order valence-electron chi connectivity index (χ2n) is 4.84. The van der Waals surface area contributed by atoms with Crippen LogP contribution in [0.5, 0.6) is 0 Å². The van der Waals surface area contributed by atoms with Crippen molar-refractivity contribution >= 4 is 11.9 Å². The summed E-state index contributed by atoms with van der Waals surface area (Å²) in [6.07, 6.45) is 1.35. The van der Waals surface area contributed by atoms with Crippen molar-refractivity contribution in [3.63, 3.8) is 0 Å². The third-order valence-corrected chi connectivity index (χ3v) is 3.38. The summed E-state index contributed by atoms with van der Waals surface area (Å²) in [5, 5.41) is 13.0. The van der Waals surface area contributed by atoms with E-state index in [1.165, 1.54) is 42.6 Å². The molecule has 0 atom stereocenters. The predicted octanol–water partition coefficient (Wildman–Crippen LogP) is 2.98. The number of aryl methyl sites for hydroxylation is 1. The van der Waals surface area contributed by atoms with Crippen LogP contribution >= 0.6 is 0 Å². The van der Waals surface area contributed by atoms with E-state index in [0.29, 0.717) is 5.56 Å². The van der Waals surface area contributed by atoms with Crippen LogP contribution in [0.25, 0.3) is 11.3 Å². The zero-order chi connectivity index (χ0) is 16.6. The van der Waals surface area contributed by atoms with Gasteiger partial charge in [0.15, 0.2) is 0 Å². The van der Waals surface area contributed by atoms with Crippen molar-refractivity contribution in [1.82, 2.24) is 9.72 Å². The second-order valence-corrected chi connectivity index (χ2v) is 4.84. The highest BCUT2D eigenvalue weighted by atomic mass is 19.1. The van der Waals surface area contributed by atoms with Crippen molar-refractivity contribution in [1.29, 1.82) is 0 Å². The van der Waals surface area contributed by atoms with Crippen molar-refractivity contribution < 1.29 is 23.6 Å². The van der Waals surface area contributed by atoms with Crippen LogP contribution < -0.4 is 0 Å². The van der Waals surface area contributed by atoms with Gasteiger partial charge in [0.25, 0.3) is 5.91 Å². The Bertz CT molecular complexity index is 893. The molecule has 0 unspecified atom stereocenters. The largest absolute Gasteiger partial charge is 0.477 e. The Labute approximate surface area is 129 Å². The van der Waals surface area contributed by atoms with Gasteiger partial charge in [0.1, 0.15) is 28.5 Å². The topological polar surface area (TPSA) is 85.3 Å². The Kier molecular flexibility index (Phi) is 3.53. The number of aromatic carboxylic acids is 1. The first-order valence-electron chi connectivity index (χ1n) is 6.66. The normalized spacial score (nSPS) is 10.7. The molecule has 0 saturated carbocycles. The number of carbonyl (C=O) groups is 2. The first-order chi connectivity index (χ1) is 11.0. The first-order valence-corrected chi connectivity index (χ1v) is 6.66. The van der Waals surface area contributed by atoms with Crippen molar-refractivity contribution in [2.75, 3.05) is 0 Å². The fourth-order valence-electron chi connectivity index (χ4n) is 2.28. The van der Waals surface area contributed by atoms with Gasteiger partial charge in [-0.1, -0.05) is 5.16 Å². The molecular formula is C16H11FN2O4. The number of carbonyl (C=O) groups excluding carboxylic acids is 1. The average molecular weight is 314 g/mol. The molecule has 0 bridgehead atoms. The quantitative estimate of drug-likeness (QED) is 0.803. The molecule has 0 amide bonds. The summed E-state index contributed by atoms with van der Waals surface area (Å²) in [5.74, 6) is -1.97. The van der Waals surface area contributed by atoms with E-state index in [0.717, 1.165) is 4.57 Å². The minimum Gasteiger partial charge on any atom is -0.477 e. The number of hydrogen-bond donors (Lipinski definition) is 1. The Morgan fingerprint density at radius 3 is 2.57 bits per heavy atom. The summed E-state index contributed by atoms with van der Waals surface area (Å²) in [6.45, 7) is 1.55. The van der Waals surface area contributed by atoms with Crippen LogP contribution in [-0.2, 0) is 0 Å². The molecule has 0 saturated heterocycles. The maximum Gasteiger partial charge on any atom is 0.352 e. The standard InChI is InChI=1S/C16H11FN2O4/c1-9-13(15(20)19-8-2-3-12(19)16(21)22)14(18-23-9)10-4-6-11(17)7-5-10/h2-8H,1H3,(H,21,22). The van der Waals surface area contributed by atoms with Crippen LogP contribution in [0.4, 0.5) is 4.39 Å². The van der Waals surface area contributed by atoms with Gasteiger partial charge in [-0.25, -0.2) is 9.18 Å². The van der Waals surface area contributed by atoms with E-state index < -0.39 is 17.7 Å². The van der Waals surface area contributed by atoms with Gasteiger partial charge in [-0.15, -0.1) is 0 Å². The summed E-state index contributed by atoms with van der Waals surface area (Å²) in [6, 6.07) is 8.20. The molecule has 0 fully saturated rings. The molecule has 0 aliphatic heterocycles. The highest BCUT2D eigenvalue weighted by Gasteiger charge is 2.25. The first kappa shape index (κ1) is 14.7. The highest BCUT2D eigenvalue weighted by Crippen LogP contribution is 2.26. The molecule has 23 heavy (non-hydrogen) atoms. The molecule has 3 aromatic rings. The molecule has 116 valence electrons. The van der Waals surface area contributed by atoms with Crippen LogP contribution in [0.1, 0.15) is 26.6 Å². The number of aromatic nitrogens is 2. The Balaban J connectivity index is 2.11. The Morgan fingerprint density at radius 1 is 1.22 bits per heavy atom. The summed E-state index contributed by atoms with van der Waals surface area (Å²) in [5.41, 5.74) is 0.698. The maximum atomic E-state index is 13.1. The van der Waals surface area contributed by atoms with Gasteiger partial charge in [-0.3, -0.25) is 9.36 Å². The van der Waals surface area contributed by atoms with Gasteiger partial charge in [0, 0.05) is 11.8 Å². The van der Waals surface area contributed by atoms with Crippen molar-refractivity contribution in [2.45, 2.75) is 6.92 Å². The number of rotatable bonds is 3. The lowest BCUT2D eigenvalue weighted by atomic mass is 10.1. The SMILES string of the molecule is Cc1onc(-c2ccc(F)cc2)c1C(=O)n1cccc1C(=O)O. The fraction of sp³-hybridized carbons (Fsp3) is 0.0625. The molecule has 3 rings (SSSR count). The molecule has 0 aliphatic rings. The third kappa shape index (κ3) is 2.52. The fourth-order valence-corrected chi connectivity index (χ4v) is 2.28. The molecule has 0 radical (unpaired) electrons. The van der Waals surface area contributed by atoms with E-state index in [9.17, 15) is 14.0 Å². The van der Waals surface area contributed by atoms with Gasteiger partial charge < -0.3 is 9.63 Å². The summed E-state index contributed by atoms with van der Waals surface area (Å²) in [7, 11) is 0. The Morgan fingerprint density at radius 2 is 1.91 bits per heavy atom. The molecule has 7 heteroatoms. The number of nitrogens with zero attached hydrogens (tertiary/aromatic N) is 2. The van der Waals surface area contributed by atoms with E-state index in [2.05, 4.69) is 5.16 Å². The zero-order valence-corrected chi connectivity index (χ0v) is 12.0. The minimum absolute atomic E-state index is 0.135. The second kappa shape index (κ2) is 5.53. The monoisotopic (exact) mass is 314 g/mol. The summed E-state index contributed by atoms with van der Waals surface area (Å²) in [4.78, 5) is 23.9. The van der Waals surface area contributed by atoms with E-state index in [4.69, 9.17) is 9.63 Å². The number of benzene rings is 1. The number of carboxylic acids is 1. The molecule has 0 aliphatic carbocycles. The molecule has 2 heterocycles. The zero-order valence-electron chi connectivity index (χ0n) is 12.0. The lowest BCUT2D eigenvalue weighted by molar-refractivity contribution is 0.0676. The van der Waals surface area contributed by atoms with Crippen molar-refractivity contribution in [3.8, 4) is 11.3 Å². The van der Waals surface area contributed by atoms with Crippen LogP contribution in [0.2, 0.25) is 0 Å². The smallest absolute Gasteiger partial charge is 0.352 e. The van der Waals surface area contributed by atoms with Gasteiger partial charge in [0.2, 0.25) is 0 Å². The van der Waals surface area contributed by atoms with Crippen LogP contribution in [0.3, 0.4) is 0 Å². The average Bonchev–Trinajstić information content (AvgIpc) is 3.14. The van der Waals surface area contributed by atoms with E-state index in [1.54, 1.807) is 6.92 Å². The number of hydrogen-bond acceptors (Lipinski definition) is 4. The van der Waals surface area contributed by atoms with E-state index >= 15 is 0 Å². The lowest BCUT2D eigenvalue weighted by Crippen LogP contribution is -2.18. The van der Waals surface area contributed by atoms with Crippen LogP contribution in [0, 0.1) is 12.7 Å². The molecular weight excluding hydrogens is 303 g/mol. The van der Waals surface area contributed by atoms with Crippen LogP contribution in [-0.4, -0.2) is 26.7 Å². The van der Waals surface area contributed by atoms with Gasteiger partial charge in [0.05, 0.1) is 0 Å². The van der Waals surface area contributed by atoms with E-state index in [1.807, 2.05) is 0 Å². The summed E-state index contributed by atoms with van der Waals surface area (Å²) >= 11 is 0.